The third-order valence-corrected chi connectivity index (χ3v) is 9.35. The Morgan fingerprint density at radius 2 is 1.38 bits per heavy atom. The third-order valence-electron chi connectivity index (χ3n) is 7.50. The number of aryl methyl sites for hydroxylation is 3. The lowest BCUT2D eigenvalue weighted by Gasteiger charge is -2.34. The topological polar surface area (TPSA) is 63.7 Å². The Hall–Kier alpha value is -2.96. The molecule has 0 N–H and O–H groups in total. The molecule has 1 saturated heterocycles. The average molecular weight is 548 g/mol. The molecule has 0 bridgehead atoms. The monoisotopic (exact) mass is 547 g/mol. The van der Waals surface area contributed by atoms with Crippen LogP contribution in [0.2, 0.25) is 0 Å². The minimum Gasteiger partial charge on any atom is -0.461 e. The summed E-state index contributed by atoms with van der Waals surface area (Å²) in [6.45, 7) is 2.34. The molecule has 1 atom stereocenters. The van der Waals surface area contributed by atoms with E-state index in [1.54, 1.807) is 0 Å². The summed E-state index contributed by atoms with van der Waals surface area (Å²) in [5, 5.41) is 0. The van der Waals surface area contributed by atoms with Crippen LogP contribution in [0.3, 0.4) is 0 Å². The summed E-state index contributed by atoms with van der Waals surface area (Å²) in [5.74, 6) is -0.499. The van der Waals surface area contributed by atoms with Crippen molar-refractivity contribution < 1.29 is 17.9 Å². The van der Waals surface area contributed by atoms with Crippen molar-refractivity contribution in [1.82, 2.24) is 4.31 Å². The fraction of sp³-hybridized carbons (Fsp3) is 0.424. The maximum Gasteiger partial charge on any atom is 0.324 e. The minimum absolute atomic E-state index is 0.103. The zero-order chi connectivity index (χ0) is 27.5. The van der Waals surface area contributed by atoms with Crippen LogP contribution in [0, 0.1) is 6.92 Å². The van der Waals surface area contributed by atoms with Crippen molar-refractivity contribution in [1.29, 1.82) is 0 Å². The van der Waals surface area contributed by atoms with E-state index < -0.39 is 22.0 Å². The first-order valence-electron chi connectivity index (χ1n) is 14.2. The van der Waals surface area contributed by atoms with E-state index in [0.29, 0.717) is 13.0 Å². The molecule has 1 aliphatic heterocycles. The fourth-order valence-electron chi connectivity index (χ4n) is 5.31. The molecule has 6 heteroatoms. The highest BCUT2D eigenvalue weighted by Gasteiger charge is 2.38. The van der Waals surface area contributed by atoms with Gasteiger partial charge in [0.25, 0.3) is 0 Å². The van der Waals surface area contributed by atoms with Gasteiger partial charge in [0, 0.05) is 6.54 Å². The van der Waals surface area contributed by atoms with Gasteiger partial charge in [-0.25, -0.2) is 8.42 Å². The molecule has 0 saturated carbocycles. The fourth-order valence-corrected chi connectivity index (χ4v) is 7.08. The highest BCUT2D eigenvalue weighted by Crippen LogP contribution is 2.26. The van der Waals surface area contributed by atoms with Crippen LogP contribution in [0.5, 0.6) is 0 Å². The Kier molecular flexibility index (Phi) is 10.7. The Labute approximate surface area is 234 Å². The van der Waals surface area contributed by atoms with Crippen LogP contribution in [-0.2, 0) is 38.1 Å². The number of nitrogens with zero attached hydrogens (tertiary/aromatic N) is 1. The van der Waals surface area contributed by atoms with Crippen LogP contribution in [-0.4, -0.2) is 37.4 Å². The standard InChI is InChI=1S/C33H41NO4S/c1-27-21-23-30(24-22-27)26-39(36,37)34-25-9-8-20-32(34)33(35)38-31(18-10-16-28-12-4-2-5-13-28)19-11-17-29-14-6-3-7-15-29/h2-7,12-15,21-24,31-32H,8-11,16-20,25-26H2,1H3. The first-order chi connectivity index (χ1) is 18.9. The van der Waals surface area contributed by atoms with Crippen molar-refractivity contribution >= 4 is 16.0 Å². The van der Waals surface area contributed by atoms with Gasteiger partial charge in [-0.2, -0.15) is 4.31 Å². The Morgan fingerprint density at radius 3 is 1.95 bits per heavy atom. The van der Waals surface area contributed by atoms with Gasteiger partial charge >= 0.3 is 5.97 Å². The Bertz CT molecular complexity index is 1210. The van der Waals surface area contributed by atoms with Gasteiger partial charge in [-0.15, -0.1) is 0 Å². The third kappa shape index (κ3) is 9.04. The van der Waals surface area contributed by atoms with Crippen LogP contribution < -0.4 is 0 Å². The van der Waals surface area contributed by atoms with Gasteiger partial charge in [0.1, 0.15) is 12.1 Å². The number of ether oxygens (including phenoxy) is 1. The van der Waals surface area contributed by atoms with Crippen molar-refractivity contribution in [2.45, 2.75) is 82.6 Å². The molecular weight excluding hydrogens is 506 g/mol. The van der Waals surface area contributed by atoms with E-state index in [9.17, 15) is 13.2 Å². The molecule has 0 spiro atoms. The number of hydrogen-bond acceptors (Lipinski definition) is 4. The molecule has 39 heavy (non-hydrogen) atoms. The summed E-state index contributed by atoms with van der Waals surface area (Å²) < 4.78 is 34.4. The van der Waals surface area contributed by atoms with Gasteiger partial charge < -0.3 is 4.74 Å². The number of sulfonamides is 1. The molecule has 5 nitrogen and oxygen atoms in total. The summed E-state index contributed by atoms with van der Waals surface area (Å²) >= 11 is 0. The molecule has 0 aromatic heterocycles. The zero-order valence-electron chi connectivity index (χ0n) is 23.0. The number of hydrogen-bond donors (Lipinski definition) is 0. The smallest absolute Gasteiger partial charge is 0.324 e. The van der Waals surface area contributed by atoms with Crippen molar-refractivity contribution in [3.05, 3.63) is 107 Å². The normalized spacial score (nSPS) is 16.3. The highest BCUT2D eigenvalue weighted by molar-refractivity contribution is 7.88. The molecule has 0 aliphatic carbocycles. The molecule has 4 rings (SSSR count). The number of benzene rings is 3. The van der Waals surface area contributed by atoms with E-state index in [-0.39, 0.29) is 11.9 Å². The van der Waals surface area contributed by atoms with Crippen LogP contribution in [0.4, 0.5) is 0 Å². The molecule has 0 radical (unpaired) electrons. The summed E-state index contributed by atoms with van der Waals surface area (Å²) in [7, 11) is -3.65. The molecule has 208 valence electrons. The first kappa shape index (κ1) is 29.0. The number of carbonyl (C=O) groups is 1. The van der Waals surface area contributed by atoms with E-state index in [1.807, 2.05) is 67.6 Å². The quantitative estimate of drug-likeness (QED) is 0.225. The molecule has 0 amide bonds. The Morgan fingerprint density at radius 1 is 0.821 bits per heavy atom. The summed E-state index contributed by atoms with van der Waals surface area (Å²) in [4.78, 5) is 13.5. The second-order valence-corrected chi connectivity index (χ2v) is 12.6. The summed E-state index contributed by atoms with van der Waals surface area (Å²) in [5.41, 5.74) is 4.36. The second kappa shape index (κ2) is 14.4. The lowest BCUT2D eigenvalue weighted by Crippen LogP contribution is -2.49. The maximum atomic E-state index is 13.5. The van der Waals surface area contributed by atoms with Crippen LogP contribution in [0.1, 0.15) is 67.2 Å². The number of esters is 1. The van der Waals surface area contributed by atoms with Gasteiger partial charge in [0.05, 0.1) is 5.75 Å². The van der Waals surface area contributed by atoms with E-state index >= 15 is 0 Å². The lowest BCUT2D eigenvalue weighted by molar-refractivity contribution is -0.155. The SMILES string of the molecule is Cc1ccc(CS(=O)(=O)N2CCCCC2C(=O)OC(CCCc2ccccc2)CCCc2ccccc2)cc1. The maximum absolute atomic E-state index is 13.5. The van der Waals surface area contributed by atoms with Gasteiger partial charge in [-0.05, 0) is 81.4 Å². The Balaban J connectivity index is 1.40. The number of carbonyl (C=O) groups excluding carboxylic acids is 1. The first-order valence-corrected chi connectivity index (χ1v) is 15.8. The van der Waals surface area contributed by atoms with Crippen LogP contribution >= 0.6 is 0 Å². The molecule has 1 unspecified atom stereocenters. The number of piperidine rings is 1. The van der Waals surface area contributed by atoms with Gasteiger partial charge in [-0.3, -0.25) is 4.79 Å². The second-order valence-electron chi connectivity index (χ2n) is 10.7. The van der Waals surface area contributed by atoms with Gasteiger partial charge in [0.2, 0.25) is 10.0 Å². The molecule has 1 aliphatic rings. The summed E-state index contributed by atoms with van der Waals surface area (Å²) in [6, 6.07) is 27.5. The summed E-state index contributed by atoms with van der Waals surface area (Å²) in [6.07, 6.45) is 7.05. The van der Waals surface area contributed by atoms with Crippen molar-refractivity contribution in [2.75, 3.05) is 6.54 Å². The molecule has 1 fully saturated rings. The van der Waals surface area contributed by atoms with E-state index in [0.717, 1.165) is 62.5 Å². The van der Waals surface area contributed by atoms with Crippen LogP contribution in [0.15, 0.2) is 84.9 Å². The van der Waals surface area contributed by atoms with E-state index in [1.165, 1.54) is 15.4 Å². The molecule has 3 aromatic rings. The van der Waals surface area contributed by atoms with Gasteiger partial charge in [-0.1, -0.05) is 90.5 Å². The lowest BCUT2D eigenvalue weighted by atomic mass is 10.0. The van der Waals surface area contributed by atoms with Gasteiger partial charge in [0.15, 0.2) is 0 Å². The molecule has 1 heterocycles. The largest absolute Gasteiger partial charge is 0.461 e. The van der Waals surface area contributed by atoms with Crippen LogP contribution in [0.25, 0.3) is 0 Å². The molecule has 3 aromatic carbocycles. The molecular formula is C33H41NO4S. The average Bonchev–Trinajstić information content (AvgIpc) is 2.95. The van der Waals surface area contributed by atoms with Crippen molar-refractivity contribution in [3.8, 4) is 0 Å². The highest BCUT2D eigenvalue weighted by atomic mass is 32.2. The van der Waals surface area contributed by atoms with E-state index in [4.69, 9.17) is 4.74 Å². The zero-order valence-corrected chi connectivity index (χ0v) is 23.8. The van der Waals surface area contributed by atoms with Crippen molar-refractivity contribution in [3.63, 3.8) is 0 Å². The number of rotatable bonds is 13. The predicted molar refractivity (Wildman–Crippen MR) is 157 cm³/mol. The minimum atomic E-state index is -3.65. The van der Waals surface area contributed by atoms with Crippen molar-refractivity contribution in [2.24, 2.45) is 0 Å². The van der Waals surface area contributed by atoms with E-state index in [2.05, 4.69) is 24.3 Å². The predicted octanol–water partition coefficient (Wildman–Crippen LogP) is 6.64.